The quantitative estimate of drug-likeness (QED) is 0.476. The molecule has 0 aromatic heterocycles. The fourth-order valence-corrected chi connectivity index (χ4v) is 0.220. The Labute approximate surface area is 64.1 Å². The van der Waals surface area contributed by atoms with Gasteiger partial charge in [-0.2, -0.15) is 8.42 Å². The maximum Gasteiger partial charge on any atom is 0.353 e. The van der Waals surface area contributed by atoms with Crippen LogP contribution in [-0.4, -0.2) is 20.4 Å². The number of amides is 3. The van der Waals surface area contributed by atoms with Crippen LogP contribution in [-0.2, 0) is 15.3 Å². The molecule has 0 rings (SSSR count). The molecule has 0 spiro atoms. The van der Waals surface area contributed by atoms with Gasteiger partial charge < -0.3 is 11.5 Å². The summed E-state index contributed by atoms with van der Waals surface area (Å²) in [7, 11) is -2.70. The highest BCUT2D eigenvalue weighted by Gasteiger charge is 1.80. The first-order valence-corrected chi connectivity index (χ1v) is 3.26. The van der Waals surface area contributed by atoms with E-state index in [1.165, 1.54) is 6.92 Å². The Balaban J connectivity index is 0. The second kappa shape index (κ2) is 6.68. The number of carbonyl (C=O) groups excluding carboxylic acids is 2. The van der Waals surface area contributed by atoms with Crippen molar-refractivity contribution in [1.29, 1.82) is 0 Å². The first-order valence-electron chi connectivity index (χ1n) is 2.23. The number of nitrogens with zero attached hydrogens (tertiary/aromatic N) is 1. The summed E-state index contributed by atoms with van der Waals surface area (Å²) in [4.78, 5) is 18.7. The number of nitrogens with two attached hydrogens (primary N) is 2. The lowest BCUT2D eigenvalue weighted by molar-refractivity contribution is -0.115. The summed E-state index contributed by atoms with van der Waals surface area (Å²) in [5.74, 6) is -0.333. The van der Waals surface area contributed by atoms with Crippen molar-refractivity contribution in [3.63, 3.8) is 0 Å². The summed E-state index contributed by atoms with van der Waals surface area (Å²) in [6.07, 6.45) is 0. The summed E-state index contributed by atoms with van der Waals surface area (Å²) in [5.41, 5.74) is 8.77. The van der Waals surface area contributed by atoms with Crippen LogP contribution in [0, 0.1) is 0 Å². The van der Waals surface area contributed by atoms with E-state index in [0.29, 0.717) is 0 Å². The first kappa shape index (κ1) is 12.3. The lowest BCUT2D eigenvalue weighted by atomic mass is 10.8. The number of carbonyl (C=O) groups is 2. The summed E-state index contributed by atoms with van der Waals surface area (Å²) >= 11 is 0. The van der Waals surface area contributed by atoms with Crippen molar-refractivity contribution < 1.29 is 18.0 Å². The minimum absolute atomic E-state index is 0.333. The third kappa shape index (κ3) is 56.2. The van der Waals surface area contributed by atoms with E-state index >= 15 is 0 Å². The van der Waals surface area contributed by atoms with Gasteiger partial charge >= 0.3 is 16.5 Å². The molecular formula is C3H7N3O4S. The normalized spacial score (nSPS) is 7.00. The minimum Gasteiger partial charge on any atom is -0.370 e. The van der Waals surface area contributed by atoms with Gasteiger partial charge in [-0.05, 0) is 0 Å². The maximum absolute atomic E-state index is 9.47. The molecule has 8 heteroatoms. The van der Waals surface area contributed by atoms with Crippen LogP contribution in [0.2, 0.25) is 0 Å². The van der Waals surface area contributed by atoms with Crippen LogP contribution in [0.3, 0.4) is 0 Å². The summed E-state index contributed by atoms with van der Waals surface area (Å²) in [5, 5.41) is 0. The van der Waals surface area contributed by atoms with E-state index in [-0.39, 0.29) is 5.91 Å². The number of hydrogen-bond acceptors (Lipinski definition) is 4. The predicted octanol–water partition coefficient (Wildman–Crippen LogP) is -1.38. The first-order chi connectivity index (χ1) is 4.86. The molecule has 3 amide bonds. The highest BCUT2D eigenvalue weighted by atomic mass is 32.2. The molecule has 0 heterocycles. The van der Waals surface area contributed by atoms with Gasteiger partial charge in [0, 0.05) is 6.92 Å². The van der Waals surface area contributed by atoms with Gasteiger partial charge in [0.05, 0.1) is 0 Å². The van der Waals surface area contributed by atoms with Crippen LogP contribution >= 0.6 is 0 Å². The molecule has 0 radical (unpaired) electrons. The molecule has 4 N–H and O–H groups in total. The molecule has 0 aliphatic rings. The predicted molar refractivity (Wildman–Crippen MR) is 35.8 cm³/mol. The number of rotatable bonds is 0. The molecule has 0 saturated heterocycles. The van der Waals surface area contributed by atoms with Crippen molar-refractivity contribution in [1.82, 2.24) is 0 Å². The molecular weight excluding hydrogens is 174 g/mol. The lowest BCUT2D eigenvalue weighted by Crippen LogP contribution is -2.02. The largest absolute Gasteiger partial charge is 0.370 e. The summed E-state index contributed by atoms with van der Waals surface area (Å²) in [6.45, 7) is 1.31. The van der Waals surface area contributed by atoms with E-state index in [1.54, 1.807) is 0 Å². The molecule has 0 aliphatic carbocycles. The Hall–Kier alpha value is -1.44. The van der Waals surface area contributed by atoms with E-state index < -0.39 is 16.5 Å². The van der Waals surface area contributed by atoms with E-state index in [4.69, 9.17) is 0 Å². The number of primary amides is 2. The average molecular weight is 181 g/mol. The zero-order valence-corrected chi connectivity index (χ0v) is 6.46. The molecule has 0 fully saturated rings. The molecule has 0 saturated carbocycles. The topological polar surface area (TPSA) is 133 Å². The van der Waals surface area contributed by atoms with Gasteiger partial charge in [0.2, 0.25) is 5.91 Å². The van der Waals surface area contributed by atoms with Gasteiger partial charge in [-0.25, -0.2) is 4.79 Å². The van der Waals surface area contributed by atoms with E-state index in [9.17, 15) is 18.0 Å². The second-order valence-corrected chi connectivity index (χ2v) is 1.87. The van der Waals surface area contributed by atoms with Gasteiger partial charge in [0.1, 0.15) is 0 Å². The van der Waals surface area contributed by atoms with Crippen LogP contribution in [0.4, 0.5) is 4.79 Å². The average Bonchev–Trinajstić information content (AvgIpc) is 1.56. The van der Waals surface area contributed by atoms with Crippen molar-refractivity contribution in [2.45, 2.75) is 6.92 Å². The molecule has 0 unspecified atom stereocenters. The van der Waals surface area contributed by atoms with Gasteiger partial charge in [-0.15, -0.1) is 0 Å². The molecule has 64 valence electrons. The molecule has 11 heavy (non-hydrogen) atoms. The number of hydrogen-bond donors (Lipinski definition) is 2. The summed E-state index contributed by atoms with van der Waals surface area (Å²) in [6, 6.07) is -1.20. The highest BCUT2D eigenvalue weighted by Crippen LogP contribution is 1.60. The number of urea groups is 1. The van der Waals surface area contributed by atoms with Gasteiger partial charge in [-0.3, -0.25) is 4.79 Å². The van der Waals surface area contributed by atoms with Crippen LogP contribution in [0.5, 0.6) is 0 Å². The molecule has 0 aromatic rings. The van der Waals surface area contributed by atoms with E-state index in [0.717, 1.165) is 0 Å². The monoisotopic (exact) mass is 181 g/mol. The van der Waals surface area contributed by atoms with E-state index in [2.05, 4.69) is 15.8 Å². The van der Waals surface area contributed by atoms with Crippen molar-refractivity contribution in [2.24, 2.45) is 15.8 Å². The maximum atomic E-state index is 9.47. The Kier molecular flexibility index (Phi) is 7.44. The van der Waals surface area contributed by atoms with Gasteiger partial charge in [-0.1, -0.05) is 4.36 Å². The zero-order valence-electron chi connectivity index (χ0n) is 5.64. The molecule has 0 atom stereocenters. The second-order valence-electron chi connectivity index (χ2n) is 1.26. The molecule has 7 nitrogen and oxygen atoms in total. The van der Waals surface area contributed by atoms with Gasteiger partial charge in [0.25, 0.3) is 0 Å². The van der Waals surface area contributed by atoms with Crippen LogP contribution in [0.15, 0.2) is 4.36 Å². The Morgan fingerprint density at radius 2 is 1.55 bits per heavy atom. The van der Waals surface area contributed by atoms with Crippen LogP contribution in [0.1, 0.15) is 6.92 Å². The Morgan fingerprint density at radius 3 is 1.55 bits per heavy atom. The zero-order chi connectivity index (χ0) is 9.44. The standard InChI is InChI=1S/C2H5NO.CH2N2O3S/c1-2(3)4;2-1(4)3-7(5)6/h1H3,(H2,3,4);(H2,2,4). The third-order valence-corrected chi connectivity index (χ3v) is 0.494. The minimum atomic E-state index is -2.70. The lowest BCUT2D eigenvalue weighted by Gasteiger charge is -1.64. The molecule has 0 aliphatic heterocycles. The third-order valence-electron chi connectivity index (χ3n) is 0.165. The van der Waals surface area contributed by atoms with E-state index in [1.807, 2.05) is 0 Å². The fourth-order valence-electron chi connectivity index (χ4n) is 0.0735. The van der Waals surface area contributed by atoms with Crippen molar-refractivity contribution in [3.05, 3.63) is 0 Å². The molecule has 0 bridgehead atoms. The summed E-state index contributed by atoms with van der Waals surface area (Å²) < 4.78 is 21.0. The van der Waals surface area contributed by atoms with Crippen molar-refractivity contribution in [3.8, 4) is 0 Å². The Morgan fingerprint density at radius 1 is 1.27 bits per heavy atom. The van der Waals surface area contributed by atoms with Crippen LogP contribution < -0.4 is 11.5 Å². The fraction of sp³-hybridized carbons (Fsp3) is 0.333. The van der Waals surface area contributed by atoms with Crippen molar-refractivity contribution >= 4 is 22.4 Å². The highest BCUT2D eigenvalue weighted by molar-refractivity contribution is 7.62. The van der Waals surface area contributed by atoms with Crippen molar-refractivity contribution in [2.75, 3.05) is 0 Å². The smallest absolute Gasteiger partial charge is 0.353 e. The SMILES string of the molecule is CC(N)=O.NC(=O)N=S(=O)=O. The van der Waals surface area contributed by atoms with Gasteiger partial charge in [0.15, 0.2) is 0 Å². The van der Waals surface area contributed by atoms with Crippen LogP contribution in [0.25, 0.3) is 0 Å². The molecule has 0 aromatic carbocycles. The Bertz CT molecular complexity index is 254.